The summed E-state index contributed by atoms with van der Waals surface area (Å²) in [7, 11) is 0. The van der Waals surface area contributed by atoms with Crippen molar-refractivity contribution in [3.8, 4) is 5.75 Å². The van der Waals surface area contributed by atoms with Crippen molar-refractivity contribution in [2.75, 3.05) is 19.7 Å². The second-order valence-corrected chi connectivity index (χ2v) is 7.49. The Morgan fingerprint density at radius 3 is 2.76 bits per heavy atom. The fraction of sp³-hybridized carbons (Fsp3) is 0.500. The van der Waals surface area contributed by atoms with Gasteiger partial charge in [0, 0.05) is 19.3 Å². The van der Waals surface area contributed by atoms with Gasteiger partial charge < -0.3 is 19.8 Å². The number of aryl methyl sites for hydroxylation is 2. The summed E-state index contributed by atoms with van der Waals surface area (Å²) in [6.07, 6.45) is 5.01. The molecule has 1 amide bonds. The number of hydrogen-bond acceptors (Lipinski definition) is 6. The minimum Gasteiger partial charge on any atom is -0.491 e. The minimum atomic E-state index is -1.03. The number of aliphatic hydroxyl groups is 2. The molecule has 1 aliphatic rings. The fourth-order valence-corrected chi connectivity index (χ4v) is 3.46. The van der Waals surface area contributed by atoms with E-state index in [0.717, 1.165) is 37.0 Å². The van der Waals surface area contributed by atoms with E-state index in [0.29, 0.717) is 24.5 Å². The van der Waals surface area contributed by atoms with Crippen LogP contribution in [0.4, 0.5) is 0 Å². The number of aliphatic hydroxyl groups excluding tert-OH is 2. The third-order valence-corrected chi connectivity index (χ3v) is 5.16. The van der Waals surface area contributed by atoms with Crippen molar-refractivity contribution in [1.82, 2.24) is 14.9 Å². The van der Waals surface area contributed by atoms with Gasteiger partial charge in [0.05, 0.1) is 18.0 Å². The fourth-order valence-electron chi connectivity index (χ4n) is 3.46. The first kappa shape index (κ1) is 21.2. The van der Waals surface area contributed by atoms with E-state index in [1.54, 1.807) is 18.0 Å². The number of amides is 1. The molecule has 2 atom stereocenters. The van der Waals surface area contributed by atoms with Gasteiger partial charge in [0.15, 0.2) is 0 Å². The van der Waals surface area contributed by atoms with Gasteiger partial charge in [0.2, 0.25) is 0 Å². The Morgan fingerprint density at radius 2 is 1.93 bits per heavy atom. The molecule has 2 aromatic rings. The van der Waals surface area contributed by atoms with Crippen LogP contribution in [-0.2, 0) is 6.42 Å². The number of fused-ring (bicyclic) bond motifs is 1. The highest BCUT2D eigenvalue weighted by molar-refractivity contribution is 5.92. The maximum absolute atomic E-state index is 12.9. The molecular weight excluding hydrogens is 370 g/mol. The lowest BCUT2D eigenvalue weighted by molar-refractivity contribution is -0.0153. The summed E-state index contributed by atoms with van der Waals surface area (Å²) in [5, 5.41) is 20.6. The molecule has 7 nitrogen and oxygen atoms in total. The molecule has 1 aromatic heterocycles. The van der Waals surface area contributed by atoms with E-state index < -0.39 is 12.2 Å². The highest BCUT2D eigenvalue weighted by Crippen LogP contribution is 2.21. The highest BCUT2D eigenvalue weighted by Gasteiger charge is 2.23. The number of aromatic nitrogens is 2. The molecule has 1 aromatic carbocycles. The lowest BCUT2D eigenvalue weighted by Crippen LogP contribution is -2.39. The predicted molar refractivity (Wildman–Crippen MR) is 109 cm³/mol. The van der Waals surface area contributed by atoms with Gasteiger partial charge in [0.25, 0.3) is 5.91 Å². The normalized spacial score (nSPS) is 21.6. The van der Waals surface area contributed by atoms with E-state index in [9.17, 15) is 15.0 Å². The minimum absolute atomic E-state index is 0.00941. The number of hydrogen-bond donors (Lipinski definition) is 2. The number of para-hydroxylation sites is 1. The number of benzene rings is 1. The topological polar surface area (TPSA) is 95.8 Å². The predicted octanol–water partition coefficient (Wildman–Crippen LogP) is 2.14. The first-order chi connectivity index (χ1) is 14.0. The van der Waals surface area contributed by atoms with E-state index in [1.165, 1.54) is 6.20 Å². The van der Waals surface area contributed by atoms with Crippen LogP contribution in [0, 0.1) is 6.92 Å². The molecule has 1 aliphatic heterocycles. The second kappa shape index (κ2) is 10.3. The Labute approximate surface area is 171 Å². The SMILES string of the molecule is Cc1cncc(C(=O)N2CCCCCc3ccccc3OC[C@@H](O)[C@@H](O)CC2)n1. The zero-order valence-corrected chi connectivity index (χ0v) is 16.8. The average molecular weight is 399 g/mol. The molecule has 3 rings (SSSR count). The molecule has 7 heteroatoms. The average Bonchev–Trinajstić information content (AvgIpc) is 2.73. The molecule has 0 spiro atoms. The van der Waals surface area contributed by atoms with Crippen molar-refractivity contribution < 1.29 is 19.7 Å². The van der Waals surface area contributed by atoms with Gasteiger partial charge in [-0.3, -0.25) is 9.78 Å². The van der Waals surface area contributed by atoms with Gasteiger partial charge in [-0.1, -0.05) is 24.6 Å². The largest absolute Gasteiger partial charge is 0.491 e. The summed E-state index contributed by atoms with van der Waals surface area (Å²) >= 11 is 0. The highest BCUT2D eigenvalue weighted by atomic mass is 16.5. The first-order valence-corrected chi connectivity index (χ1v) is 10.2. The van der Waals surface area contributed by atoms with Crippen LogP contribution >= 0.6 is 0 Å². The number of rotatable bonds is 1. The van der Waals surface area contributed by atoms with Gasteiger partial charge >= 0.3 is 0 Å². The summed E-state index contributed by atoms with van der Waals surface area (Å²) in [4.78, 5) is 22.9. The quantitative estimate of drug-likeness (QED) is 0.763. The molecule has 2 N–H and O–H groups in total. The summed E-state index contributed by atoms with van der Waals surface area (Å²) in [5.41, 5.74) is 2.08. The van der Waals surface area contributed by atoms with Gasteiger partial charge in [-0.25, -0.2) is 4.98 Å². The smallest absolute Gasteiger partial charge is 0.274 e. The number of ether oxygens (including phenoxy) is 1. The molecule has 0 unspecified atom stereocenters. The lowest BCUT2D eigenvalue weighted by atomic mass is 10.0. The number of nitrogens with zero attached hydrogens (tertiary/aromatic N) is 3. The molecule has 0 aliphatic carbocycles. The van der Waals surface area contributed by atoms with Crippen molar-refractivity contribution in [3.63, 3.8) is 0 Å². The van der Waals surface area contributed by atoms with Crippen LogP contribution in [0.5, 0.6) is 5.75 Å². The Balaban J connectivity index is 1.71. The number of carbonyl (C=O) groups excluding carboxylic acids is 1. The first-order valence-electron chi connectivity index (χ1n) is 10.2. The standard InChI is InChI=1S/C22H29N3O4/c1-16-13-23-14-18(24-16)22(28)25-11-6-2-3-7-17-8-4-5-9-21(17)29-15-20(27)19(26)10-12-25/h4-5,8-9,13-14,19-20,26-27H,2-3,6-7,10-12,15H2,1H3/t19-,20+/m0/s1. The number of carbonyl (C=O) groups is 1. The van der Waals surface area contributed by atoms with Crippen molar-refractivity contribution in [2.24, 2.45) is 0 Å². The molecule has 0 fully saturated rings. The van der Waals surface area contributed by atoms with Crippen molar-refractivity contribution in [2.45, 2.75) is 51.2 Å². The molecular formula is C22H29N3O4. The zero-order chi connectivity index (χ0) is 20.6. The van der Waals surface area contributed by atoms with Crippen LogP contribution in [0.3, 0.4) is 0 Å². The van der Waals surface area contributed by atoms with Crippen LogP contribution in [0.2, 0.25) is 0 Å². The van der Waals surface area contributed by atoms with Crippen LogP contribution in [0.15, 0.2) is 36.7 Å². The van der Waals surface area contributed by atoms with Crippen LogP contribution < -0.4 is 4.74 Å². The van der Waals surface area contributed by atoms with E-state index in [4.69, 9.17) is 4.74 Å². The third-order valence-electron chi connectivity index (χ3n) is 5.16. The van der Waals surface area contributed by atoms with E-state index in [2.05, 4.69) is 9.97 Å². The molecule has 2 heterocycles. The van der Waals surface area contributed by atoms with Crippen LogP contribution in [-0.4, -0.2) is 62.9 Å². The van der Waals surface area contributed by atoms with E-state index in [-0.39, 0.29) is 18.9 Å². The van der Waals surface area contributed by atoms with E-state index >= 15 is 0 Å². The lowest BCUT2D eigenvalue weighted by Gasteiger charge is -2.26. The van der Waals surface area contributed by atoms with Crippen LogP contribution in [0.25, 0.3) is 0 Å². The molecule has 0 bridgehead atoms. The Morgan fingerprint density at radius 1 is 1.10 bits per heavy atom. The monoisotopic (exact) mass is 399 g/mol. The molecule has 0 saturated carbocycles. The Hall–Kier alpha value is -2.51. The van der Waals surface area contributed by atoms with Crippen LogP contribution in [0.1, 0.15) is 47.4 Å². The third kappa shape index (κ3) is 5.98. The van der Waals surface area contributed by atoms with Gasteiger partial charge in [-0.15, -0.1) is 0 Å². The summed E-state index contributed by atoms with van der Waals surface area (Å²) in [6, 6.07) is 7.79. The van der Waals surface area contributed by atoms with Gasteiger partial charge in [-0.2, -0.15) is 0 Å². The Bertz CT molecular complexity index is 814. The van der Waals surface area contributed by atoms with E-state index in [1.807, 2.05) is 24.3 Å². The second-order valence-electron chi connectivity index (χ2n) is 7.49. The molecule has 29 heavy (non-hydrogen) atoms. The molecule has 156 valence electrons. The maximum atomic E-state index is 12.9. The molecule has 0 radical (unpaired) electrons. The summed E-state index contributed by atoms with van der Waals surface area (Å²) in [5.74, 6) is 0.558. The van der Waals surface area contributed by atoms with Crippen molar-refractivity contribution >= 4 is 5.91 Å². The maximum Gasteiger partial charge on any atom is 0.274 e. The van der Waals surface area contributed by atoms with Crippen molar-refractivity contribution in [1.29, 1.82) is 0 Å². The molecule has 0 saturated heterocycles. The summed E-state index contributed by atoms with van der Waals surface area (Å²) in [6.45, 7) is 2.72. The summed E-state index contributed by atoms with van der Waals surface area (Å²) < 4.78 is 5.76. The van der Waals surface area contributed by atoms with Crippen molar-refractivity contribution in [3.05, 3.63) is 53.6 Å². The van der Waals surface area contributed by atoms with Gasteiger partial charge in [-0.05, 0) is 44.2 Å². The zero-order valence-electron chi connectivity index (χ0n) is 16.8. The van der Waals surface area contributed by atoms with Gasteiger partial charge in [0.1, 0.15) is 24.2 Å². The Kier molecular flexibility index (Phi) is 7.55.